The quantitative estimate of drug-likeness (QED) is 0.853. The fourth-order valence-electron chi connectivity index (χ4n) is 3.01. The second-order valence-corrected chi connectivity index (χ2v) is 6.27. The molecule has 2 saturated heterocycles. The van der Waals surface area contributed by atoms with Crippen molar-refractivity contribution in [2.45, 2.75) is 57.5 Å². The summed E-state index contributed by atoms with van der Waals surface area (Å²) in [6, 6.07) is 0. The third-order valence-corrected chi connectivity index (χ3v) is 4.25. The first kappa shape index (κ1) is 14.5. The Morgan fingerprint density at radius 2 is 2.19 bits per heavy atom. The van der Waals surface area contributed by atoms with Gasteiger partial charge in [-0.2, -0.15) is 4.98 Å². The lowest BCUT2D eigenvalue weighted by atomic mass is 9.96. The van der Waals surface area contributed by atoms with Crippen LogP contribution in [0.15, 0.2) is 4.52 Å². The third-order valence-electron chi connectivity index (χ3n) is 4.25. The smallest absolute Gasteiger partial charge is 0.251 e. The van der Waals surface area contributed by atoms with E-state index >= 15 is 0 Å². The van der Waals surface area contributed by atoms with E-state index in [4.69, 9.17) is 9.26 Å². The number of aromatic nitrogens is 2. The lowest BCUT2D eigenvalue weighted by Crippen LogP contribution is -2.44. The van der Waals surface area contributed by atoms with E-state index in [2.05, 4.69) is 10.1 Å². The van der Waals surface area contributed by atoms with Crippen molar-refractivity contribution in [3.8, 4) is 0 Å². The minimum atomic E-state index is -0.236. The lowest BCUT2D eigenvalue weighted by Gasteiger charge is -2.32. The van der Waals surface area contributed by atoms with Gasteiger partial charge in [-0.1, -0.05) is 19.0 Å². The fraction of sp³-hybridized carbons (Fsp3) is 0.800. The van der Waals surface area contributed by atoms with Crippen molar-refractivity contribution in [3.63, 3.8) is 0 Å². The summed E-state index contributed by atoms with van der Waals surface area (Å²) in [5, 5.41) is 4.10. The number of carbonyl (C=O) groups excluding carboxylic acids is 1. The molecule has 0 N–H and O–H groups in total. The normalized spacial score (nSPS) is 26.5. The average Bonchev–Trinajstić information content (AvgIpc) is 3.18. The summed E-state index contributed by atoms with van der Waals surface area (Å²) in [6.07, 6.45) is 3.58. The number of hydrogen-bond acceptors (Lipinski definition) is 5. The van der Waals surface area contributed by atoms with Crippen LogP contribution in [0.3, 0.4) is 0 Å². The molecular formula is C15H23N3O3. The van der Waals surface area contributed by atoms with Gasteiger partial charge in [-0.25, -0.2) is 0 Å². The van der Waals surface area contributed by atoms with Gasteiger partial charge in [0, 0.05) is 31.5 Å². The molecule has 2 fully saturated rings. The van der Waals surface area contributed by atoms with E-state index in [0.29, 0.717) is 19.0 Å². The number of carbonyl (C=O) groups is 1. The molecule has 2 atom stereocenters. The number of rotatable bonds is 3. The highest BCUT2D eigenvalue weighted by atomic mass is 16.5. The first-order valence-corrected chi connectivity index (χ1v) is 7.89. The van der Waals surface area contributed by atoms with Gasteiger partial charge in [-0.15, -0.1) is 0 Å². The number of amides is 1. The minimum Gasteiger partial charge on any atom is -0.368 e. The zero-order valence-corrected chi connectivity index (χ0v) is 12.7. The predicted molar refractivity (Wildman–Crippen MR) is 75.9 cm³/mol. The van der Waals surface area contributed by atoms with Crippen LogP contribution in [-0.2, 0) is 9.53 Å². The zero-order valence-electron chi connectivity index (χ0n) is 12.7. The van der Waals surface area contributed by atoms with Crippen molar-refractivity contribution >= 4 is 5.91 Å². The summed E-state index contributed by atoms with van der Waals surface area (Å²) in [7, 11) is 0. The summed E-state index contributed by atoms with van der Waals surface area (Å²) in [4.78, 5) is 18.8. The second kappa shape index (κ2) is 6.13. The van der Waals surface area contributed by atoms with Crippen LogP contribution in [0, 0.1) is 0 Å². The number of likely N-dealkylation sites (tertiary alicyclic amines) is 1. The Bertz CT molecular complexity index is 494. The average molecular weight is 293 g/mol. The van der Waals surface area contributed by atoms with Crippen LogP contribution < -0.4 is 0 Å². The van der Waals surface area contributed by atoms with E-state index in [1.807, 2.05) is 18.7 Å². The Kier molecular flexibility index (Phi) is 4.24. The van der Waals surface area contributed by atoms with E-state index in [-0.39, 0.29) is 23.8 Å². The van der Waals surface area contributed by atoms with Crippen LogP contribution in [0.25, 0.3) is 0 Å². The molecule has 3 rings (SSSR count). The largest absolute Gasteiger partial charge is 0.368 e. The van der Waals surface area contributed by atoms with Gasteiger partial charge in [0.15, 0.2) is 5.82 Å². The number of ether oxygens (including phenoxy) is 1. The molecule has 0 spiro atoms. The predicted octanol–water partition coefficient (Wildman–Crippen LogP) is 2.08. The lowest BCUT2D eigenvalue weighted by molar-refractivity contribution is -0.142. The van der Waals surface area contributed by atoms with Gasteiger partial charge in [-0.3, -0.25) is 4.79 Å². The molecule has 1 amide bonds. The van der Waals surface area contributed by atoms with Gasteiger partial charge in [-0.05, 0) is 25.7 Å². The maximum absolute atomic E-state index is 12.4. The van der Waals surface area contributed by atoms with E-state index in [1.165, 1.54) is 0 Å². The van der Waals surface area contributed by atoms with Crippen LogP contribution >= 0.6 is 0 Å². The fourth-order valence-corrected chi connectivity index (χ4v) is 3.01. The first-order chi connectivity index (χ1) is 10.1. The topological polar surface area (TPSA) is 68.5 Å². The van der Waals surface area contributed by atoms with Gasteiger partial charge in [0.2, 0.25) is 5.89 Å². The van der Waals surface area contributed by atoms with E-state index in [0.717, 1.165) is 38.1 Å². The van der Waals surface area contributed by atoms with Crippen molar-refractivity contribution < 1.29 is 14.1 Å². The molecule has 0 radical (unpaired) electrons. The van der Waals surface area contributed by atoms with E-state index in [9.17, 15) is 4.79 Å². The van der Waals surface area contributed by atoms with Crippen LogP contribution in [0.5, 0.6) is 0 Å². The van der Waals surface area contributed by atoms with Crippen molar-refractivity contribution in [1.29, 1.82) is 0 Å². The van der Waals surface area contributed by atoms with Crippen molar-refractivity contribution in [1.82, 2.24) is 15.0 Å². The number of nitrogens with zero attached hydrogens (tertiary/aromatic N) is 3. The first-order valence-electron chi connectivity index (χ1n) is 7.89. The SMILES string of the molecule is CC(C)c1nc([C@H]2CCCN(C(=O)[C@@H]3CCCO3)C2)no1. The Hall–Kier alpha value is -1.43. The molecule has 1 aromatic rings. The number of piperidine rings is 1. The van der Waals surface area contributed by atoms with Crippen molar-refractivity contribution in [2.24, 2.45) is 0 Å². The Labute approximate surface area is 124 Å². The molecule has 6 heteroatoms. The zero-order chi connectivity index (χ0) is 14.8. The molecule has 0 aromatic carbocycles. The van der Waals surface area contributed by atoms with Gasteiger partial charge >= 0.3 is 0 Å². The maximum Gasteiger partial charge on any atom is 0.251 e. The molecule has 2 aliphatic heterocycles. The highest BCUT2D eigenvalue weighted by Crippen LogP contribution is 2.27. The second-order valence-electron chi connectivity index (χ2n) is 6.27. The molecule has 0 bridgehead atoms. The molecule has 0 saturated carbocycles. The van der Waals surface area contributed by atoms with E-state index < -0.39 is 0 Å². The Morgan fingerprint density at radius 1 is 1.33 bits per heavy atom. The van der Waals surface area contributed by atoms with Gasteiger partial charge < -0.3 is 14.2 Å². The highest BCUT2D eigenvalue weighted by molar-refractivity contribution is 5.81. The maximum atomic E-state index is 12.4. The van der Waals surface area contributed by atoms with Crippen molar-refractivity contribution in [2.75, 3.05) is 19.7 Å². The summed E-state index contributed by atoms with van der Waals surface area (Å²) in [5.74, 6) is 1.96. The molecule has 116 valence electrons. The monoisotopic (exact) mass is 293 g/mol. The molecule has 6 nitrogen and oxygen atoms in total. The van der Waals surface area contributed by atoms with Gasteiger partial charge in [0.05, 0.1) is 0 Å². The molecule has 1 aromatic heterocycles. The highest BCUT2D eigenvalue weighted by Gasteiger charge is 2.33. The Balaban J connectivity index is 1.65. The standard InChI is InChI=1S/C15H23N3O3/c1-10(2)14-16-13(17-21-14)11-5-3-7-18(9-11)15(19)12-6-4-8-20-12/h10-12H,3-9H2,1-2H3/t11-,12-/m0/s1. The van der Waals surface area contributed by atoms with E-state index in [1.54, 1.807) is 0 Å². The van der Waals surface area contributed by atoms with Gasteiger partial charge in [0.1, 0.15) is 6.10 Å². The summed E-state index contributed by atoms with van der Waals surface area (Å²) in [6.45, 7) is 6.26. The molecular weight excluding hydrogens is 270 g/mol. The minimum absolute atomic E-state index is 0.129. The van der Waals surface area contributed by atoms with Crippen LogP contribution in [-0.4, -0.2) is 46.7 Å². The Morgan fingerprint density at radius 3 is 2.86 bits per heavy atom. The molecule has 0 unspecified atom stereocenters. The molecule has 3 heterocycles. The van der Waals surface area contributed by atoms with Crippen LogP contribution in [0.4, 0.5) is 0 Å². The summed E-state index contributed by atoms with van der Waals surface area (Å²) in [5.41, 5.74) is 0. The van der Waals surface area contributed by atoms with Crippen LogP contribution in [0.2, 0.25) is 0 Å². The summed E-state index contributed by atoms with van der Waals surface area (Å²) >= 11 is 0. The summed E-state index contributed by atoms with van der Waals surface area (Å²) < 4.78 is 10.8. The molecule has 21 heavy (non-hydrogen) atoms. The van der Waals surface area contributed by atoms with Crippen LogP contribution in [0.1, 0.15) is 63.1 Å². The van der Waals surface area contributed by atoms with Crippen molar-refractivity contribution in [3.05, 3.63) is 11.7 Å². The third kappa shape index (κ3) is 3.10. The number of hydrogen-bond donors (Lipinski definition) is 0. The van der Waals surface area contributed by atoms with Gasteiger partial charge in [0.25, 0.3) is 5.91 Å². The molecule has 0 aliphatic carbocycles. The molecule has 2 aliphatic rings.